The predicted molar refractivity (Wildman–Crippen MR) is 86.5 cm³/mol. The third-order valence-corrected chi connectivity index (χ3v) is 3.15. The van der Waals surface area contributed by atoms with E-state index in [1.807, 2.05) is 7.05 Å². The van der Waals surface area contributed by atoms with Crippen LogP contribution in [0.2, 0.25) is 0 Å². The fourth-order valence-electron chi connectivity index (χ4n) is 1.43. The predicted octanol–water partition coefficient (Wildman–Crippen LogP) is -1.06. The summed E-state index contributed by atoms with van der Waals surface area (Å²) < 4.78 is 0. The maximum Gasteiger partial charge on any atom is 0.335 e. The highest BCUT2D eigenvalue weighted by atomic mass is 16.4. The molecule has 9 nitrogen and oxygen atoms in total. The molecule has 5 unspecified atom stereocenters. The molecule has 0 aromatic carbocycles. The van der Waals surface area contributed by atoms with E-state index < -0.39 is 36.4 Å². The largest absolute Gasteiger partial charge is 0.479 e. The van der Waals surface area contributed by atoms with Crippen LogP contribution in [0.4, 0.5) is 0 Å². The summed E-state index contributed by atoms with van der Waals surface area (Å²) in [5, 5.41) is 54.7. The summed E-state index contributed by atoms with van der Waals surface area (Å²) in [6, 6.07) is 0.649. The van der Waals surface area contributed by atoms with E-state index in [-0.39, 0.29) is 0 Å². The first-order chi connectivity index (χ1) is 10.9. The van der Waals surface area contributed by atoms with Gasteiger partial charge in [0.25, 0.3) is 0 Å². The van der Waals surface area contributed by atoms with Crippen molar-refractivity contribution < 1.29 is 40.2 Å². The number of aliphatic hydroxyl groups excluding tert-OH is 4. The van der Waals surface area contributed by atoms with Crippen LogP contribution < -0.4 is 5.32 Å². The fourth-order valence-corrected chi connectivity index (χ4v) is 1.43. The van der Waals surface area contributed by atoms with Crippen molar-refractivity contribution in [1.29, 1.82) is 0 Å². The molecule has 0 radical (unpaired) electrons. The van der Waals surface area contributed by atoms with Crippen LogP contribution in [-0.4, -0.2) is 80.1 Å². The molecule has 24 heavy (non-hydrogen) atoms. The van der Waals surface area contributed by atoms with E-state index in [4.69, 9.17) is 30.6 Å². The van der Waals surface area contributed by atoms with Gasteiger partial charge in [0, 0.05) is 6.04 Å². The van der Waals surface area contributed by atoms with Crippen LogP contribution >= 0.6 is 0 Å². The van der Waals surface area contributed by atoms with E-state index in [1.165, 1.54) is 18.4 Å². The normalized spacial score (nSPS) is 16.7. The molecule has 0 saturated carbocycles. The first-order valence-electron chi connectivity index (χ1n) is 7.44. The molecule has 0 spiro atoms. The Kier molecular flexibility index (Phi) is 13.2. The number of carbonyl (C=O) groups is 2. The highest BCUT2D eigenvalue weighted by Gasteiger charge is 2.37. The van der Waals surface area contributed by atoms with Crippen LogP contribution in [0.15, 0.2) is 11.6 Å². The maximum atomic E-state index is 10.1. The molecular weight excluding hydrogens is 322 g/mol. The van der Waals surface area contributed by atoms with Crippen LogP contribution in [-0.2, 0) is 9.59 Å². The molecule has 0 aliphatic rings. The van der Waals surface area contributed by atoms with Crippen LogP contribution in [0.3, 0.4) is 0 Å². The third-order valence-electron chi connectivity index (χ3n) is 3.15. The molecule has 0 aromatic rings. The van der Waals surface area contributed by atoms with Crippen molar-refractivity contribution in [3.63, 3.8) is 0 Å². The molecule has 9 heteroatoms. The zero-order valence-corrected chi connectivity index (χ0v) is 14.4. The highest BCUT2D eigenvalue weighted by Crippen LogP contribution is 2.05. The first-order valence-corrected chi connectivity index (χ1v) is 7.44. The molecule has 0 aromatic heterocycles. The number of nitrogens with one attached hydrogen (secondary N) is 1. The summed E-state index contributed by atoms with van der Waals surface area (Å²) in [6.07, 6.45) is -4.56. The van der Waals surface area contributed by atoms with Crippen LogP contribution in [0, 0.1) is 0 Å². The van der Waals surface area contributed by atoms with E-state index in [2.05, 4.69) is 32.2 Å². The van der Waals surface area contributed by atoms with E-state index in [0.29, 0.717) is 6.04 Å². The van der Waals surface area contributed by atoms with Crippen LogP contribution in [0.1, 0.15) is 33.6 Å². The quantitative estimate of drug-likeness (QED) is 0.256. The summed E-state index contributed by atoms with van der Waals surface area (Å²) in [7, 11) is 2.01. The minimum Gasteiger partial charge on any atom is -0.479 e. The Balaban J connectivity index is 0. The average molecular weight is 351 g/mol. The summed E-state index contributed by atoms with van der Waals surface area (Å²) in [5.74, 6) is -3.68. The van der Waals surface area contributed by atoms with Gasteiger partial charge < -0.3 is 36.0 Å². The van der Waals surface area contributed by atoms with E-state index >= 15 is 0 Å². The van der Waals surface area contributed by atoms with Crippen molar-refractivity contribution in [2.24, 2.45) is 0 Å². The molecule has 0 saturated heterocycles. The van der Waals surface area contributed by atoms with Crippen molar-refractivity contribution in [3.8, 4) is 0 Å². The Labute approximate surface area is 141 Å². The molecule has 0 rings (SSSR count). The van der Waals surface area contributed by atoms with Gasteiger partial charge in [0.15, 0.2) is 12.2 Å². The molecule has 0 fully saturated rings. The van der Waals surface area contributed by atoms with Crippen molar-refractivity contribution in [1.82, 2.24) is 5.32 Å². The van der Waals surface area contributed by atoms with Gasteiger partial charge in [0.1, 0.15) is 12.2 Å². The summed E-state index contributed by atoms with van der Waals surface area (Å²) in [5.41, 5.74) is 1.42. The molecule has 5 atom stereocenters. The number of rotatable bonds is 9. The number of aliphatic hydroxyl groups is 4. The molecule has 0 aliphatic heterocycles. The molecule has 142 valence electrons. The lowest BCUT2D eigenvalue weighted by Gasteiger charge is -2.21. The summed E-state index contributed by atoms with van der Waals surface area (Å²) >= 11 is 0. The lowest BCUT2D eigenvalue weighted by molar-refractivity contribution is -0.172. The standard InChI is InChI=1S/C9H19N.C6H10O8/c1-8(2)6-5-7-9(3)10-4;7-1(3(9)5(11)12)2(8)4(10)6(13)14/h6,9-10H,5,7H2,1-4H3;1-4,7-10H,(H,11,12)(H,13,14). The van der Waals surface area contributed by atoms with Gasteiger partial charge in [-0.15, -0.1) is 0 Å². The lowest BCUT2D eigenvalue weighted by Crippen LogP contribution is -2.49. The zero-order valence-electron chi connectivity index (χ0n) is 14.4. The van der Waals surface area contributed by atoms with Crippen molar-refractivity contribution in [2.75, 3.05) is 7.05 Å². The molecular formula is C15H29NO8. The van der Waals surface area contributed by atoms with Gasteiger partial charge >= 0.3 is 11.9 Å². The number of hydrogen-bond acceptors (Lipinski definition) is 7. The lowest BCUT2D eigenvalue weighted by atomic mass is 10.0. The first kappa shape index (κ1) is 24.7. The second-order valence-corrected chi connectivity index (χ2v) is 5.60. The third kappa shape index (κ3) is 11.1. The van der Waals surface area contributed by atoms with Gasteiger partial charge in [-0.05, 0) is 40.7 Å². The van der Waals surface area contributed by atoms with E-state index in [1.54, 1.807) is 0 Å². The van der Waals surface area contributed by atoms with Crippen molar-refractivity contribution in [2.45, 2.75) is 64.1 Å². The Morgan fingerprint density at radius 2 is 1.33 bits per heavy atom. The van der Waals surface area contributed by atoms with Crippen molar-refractivity contribution >= 4 is 11.9 Å². The molecule has 0 aliphatic carbocycles. The van der Waals surface area contributed by atoms with E-state index in [0.717, 1.165) is 0 Å². The second kappa shape index (κ2) is 12.8. The highest BCUT2D eigenvalue weighted by molar-refractivity contribution is 5.75. The van der Waals surface area contributed by atoms with Gasteiger partial charge in [-0.1, -0.05) is 11.6 Å². The van der Waals surface area contributed by atoms with Gasteiger partial charge in [-0.2, -0.15) is 0 Å². The molecule has 0 amide bonds. The van der Waals surface area contributed by atoms with Gasteiger partial charge in [-0.3, -0.25) is 0 Å². The average Bonchev–Trinajstić information content (AvgIpc) is 2.51. The number of hydrogen-bond donors (Lipinski definition) is 7. The van der Waals surface area contributed by atoms with Crippen molar-refractivity contribution in [3.05, 3.63) is 11.6 Å². The number of aliphatic carboxylic acids is 2. The Morgan fingerprint density at radius 1 is 0.958 bits per heavy atom. The minimum atomic E-state index is -2.36. The SMILES string of the molecule is CNC(C)CCC=C(C)C.O=C(O)C(O)C(O)C(O)C(O)C(=O)O. The molecule has 7 N–H and O–H groups in total. The Bertz CT molecular complexity index is 384. The monoisotopic (exact) mass is 351 g/mol. The summed E-state index contributed by atoms with van der Waals surface area (Å²) in [6.45, 7) is 6.49. The Morgan fingerprint density at radius 3 is 1.58 bits per heavy atom. The minimum absolute atomic E-state index is 0.649. The second-order valence-electron chi connectivity index (χ2n) is 5.60. The Hall–Kier alpha value is -1.52. The number of carboxylic acids is 2. The van der Waals surface area contributed by atoms with Crippen LogP contribution in [0.25, 0.3) is 0 Å². The topological polar surface area (TPSA) is 168 Å². The van der Waals surface area contributed by atoms with Crippen LogP contribution in [0.5, 0.6) is 0 Å². The molecule has 0 heterocycles. The maximum absolute atomic E-state index is 10.1. The summed E-state index contributed by atoms with van der Waals surface area (Å²) in [4.78, 5) is 20.2. The zero-order chi connectivity index (χ0) is 19.4. The molecule has 0 bridgehead atoms. The van der Waals surface area contributed by atoms with Gasteiger partial charge in [0.05, 0.1) is 0 Å². The number of allylic oxidation sites excluding steroid dienone is 2. The van der Waals surface area contributed by atoms with Gasteiger partial charge in [0.2, 0.25) is 0 Å². The van der Waals surface area contributed by atoms with Gasteiger partial charge in [-0.25, -0.2) is 9.59 Å². The number of carboxylic acid groups (broad SMARTS) is 2. The fraction of sp³-hybridized carbons (Fsp3) is 0.733. The van der Waals surface area contributed by atoms with E-state index in [9.17, 15) is 9.59 Å². The smallest absolute Gasteiger partial charge is 0.335 e.